The van der Waals surface area contributed by atoms with Crippen LogP contribution >= 0.6 is 0 Å². The van der Waals surface area contributed by atoms with Gasteiger partial charge in [0.2, 0.25) is 5.95 Å². The van der Waals surface area contributed by atoms with E-state index in [0.717, 1.165) is 41.9 Å². The van der Waals surface area contributed by atoms with Gasteiger partial charge < -0.3 is 15.2 Å². The van der Waals surface area contributed by atoms with E-state index in [1.165, 1.54) is 19.3 Å². The van der Waals surface area contributed by atoms with E-state index in [9.17, 15) is 0 Å². The Hall–Kier alpha value is -1.85. The Morgan fingerprint density at radius 1 is 1.26 bits per heavy atom. The molecule has 0 radical (unpaired) electrons. The molecular weight excluding hydrogens is 240 g/mol. The molecule has 2 fully saturated rings. The van der Waals surface area contributed by atoms with Crippen molar-refractivity contribution in [1.29, 1.82) is 0 Å². The van der Waals surface area contributed by atoms with Gasteiger partial charge in [0, 0.05) is 20.1 Å². The van der Waals surface area contributed by atoms with Crippen molar-refractivity contribution in [3.05, 3.63) is 6.33 Å². The molecule has 6 heteroatoms. The third-order valence-electron chi connectivity index (χ3n) is 4.52. The van der Waals surface area contributed by atoms with Crippen LogP contribution in [0.3, 0.4) is 0 Å². The molecule has 19 heavy (non-hydrogen) atoms. The average molecular weight is 258 g/mol. The number of imidazole rings is 1. The highest BCUT2D eigenvalue weighted by Gasteiger charge is 2.37. The molecule has 2 atom stereocenters. The first-order valence-electron chi connectivity index (χ1n) is 6.99. The van der Waals surface area contributed by atoms with Crippen molar-refractivity contribution in [2.75, 3.05) is 30.4 Å². The standard InChI is InChI=1S/C13H18N6/c1-14-13-17-11-10(15-7-16-11)12(18-13)19-5-8-3-2-4-9(8)6-19/h7-9H,2-6H2,1H3,(H2,14,15,16,17,18). The van der Waals surface area contributed by atoms with Gasteiger partial charge in [-0.3, -0.25) is 0 Å². The molecule has 2 unspecified atom stereocenters. The van der Waals surface area contributed by atoms with E-state index >= 15 is 0 Å². The summed E-state index contributed by atoms with van der Waals surface area (Å²) in [5, 5.41) is 3.02. The van der Waals surface area contributed by atoms with E-state index in [0.29, 0.717) is 5.95 Å². The monoisotopic (exact) mass is 258 g/mol. The van der Waals surface area contributed by atoms with Crippen LogP contribution in [-0.2, 0) is 0 Å². The van der Waals surface area contributed by atoms with Crippen LogP contribution in [0.15, 0.2) is 6.33 Å². The van der Waals surface area contributed by atoms with Crippen LogP contribution in [0.25, 0.3) is 11.2 Å². The Bertz CT molecular complexity index is 594. The summed E-state index contributed by atoms with van der Waals surface area (Å²) in [6.07, 6.45) is 5.84. The summed E-state index contributed by atoms with van der Waals surface area (Å²) in [6.45, 7) is 2.25. The van der Waals surface area contributed by atoms with E-state index < -0.39 is 0 Å². The first-order chi connectivity index (χ1) is 9.35. The Balaban J connectivity index is 1.75. The number of rotatable bonds is 2. The largest absolute Gasteiger partial charge is 0.357 e. The third-order valence-corrected chi connectivity index (χ3v) is 4.52. The Morgan fingerprint density at radius 3 is 2.79 bits per heavy atom. The number of nitrogens with one attached hydrogen (secondary N) is 2. The first-order valence-corrected chi connectivity index (χ1v) is 6.99. The van der Waals surface area contributed by atoms with Crippen molar-refractivity contribution in [3.63, 3.8) is 0 Å². The van der Waals surface area contributed by atoms with Crippen molar-refractivity contribution < 1.29 is 0 Å². The maximum atomic E-state index is 4.63. The molecular formula is C13H18N6. The van der Waals surface area contributed by atoms with Gasteiger partial charge in [0.1, 0.15) is 5.52 Å². The second-order valence-electron chi connectivity index (χ2n) is 5.58. The third kappa shape index (κ3) is 1.66. The lowest BCUT2D eigenvalue weighted by molar-refractivity contribution is 0.494. The fraction of sp³-hybridized carbons (Fsp3) is 0.615. The van der Waals surface area contributed by atoms with Crippen molar-refractivity contribution >= 4 is 22.9 Å². The highest BCUT2D eigenvalue weighted by atomic mass is 15.3. The molecule has 0 bridgehead atoms. The fourth-order valence-corrected chi connectivity index (χ4v) is 3.57. The minimum Gasteiger partial charge on any atom is -0.357 e. The van der Waals surface area contributed by atoms with E-state index in [4.69, 9.17) is 0 Å². The molecule has 1 aliphatic heterocycles. The Morgan fingerprint density at radius 2 is 2.05 bits per heavy atom. The first kappa shape index (κ1) is 11.0. The minimum absolute atomic E-state index is 0.645. The van der Waals surface area contributed by atoms with E-state index in [-0.39, 0.29) is 0 Å². The zero-order valence-corrected chi connectivity index (χ0v) is 11.1. The number of nitrogens with zero attached hydrogens (tertiary/aromatic N) is 4. The maximum absolute atomic E-state index is 4.63. The molecule has 6 nitrogen and oxygen atoms in total. The number of H-pyrrole nitrogens is 1. The summed E-state index contributed by atoms with van der Waals surface area (Å²) in [5.74, 6) is 3.35. The van der Waals surface area contributed by atoms with Gasteiger partial charge in [0.05, 0.1) is 6.33 Å². The zero-order chi connectivity index (χ0) is 12.8. The van der Waals surface area contributed by atoms with Crippen LogP contribution in [0.5, 0.6) is 0 Å². The average Bonchev–Trinajstić information content (AvgIpc) is 3.11. The van der Waals surface area contributed by atoms with E-state index in [2.05, 4.69) is 30.2 Å². The lowest BCUT2D eigenvalue weighted by Gasteiger charge is -2.19. The second kappa shape index (κ2) is 4.08. The molecule has 0 aromatic carbocycles. The van der Waals surface area contributed by atoms with Gasteiger partial charge in [0.15, 0.2) is 11.5 Å². The lowest BCUT2D eigenvalue weighted by Crippen LogP contribution is -2.22. The molecule has 0 spiro atoms. The van der Waals surface area contributed by atoms with Crippen molar-refractivity contribution in [2.24, 2.45) is 11.8 Å². The molecule has 2 aliphatic rings. The lowest BCUT2D eigenvalue weighted by atomic mass is 10.0. The van der Waals surface area contributed by atoms with E-state index in [1.54, 1.807) is 6.33 Å². The van der Waals surface area contributed by atoms with Crippen molar-refractivity contribution in [2.45, 2.75) is 19.3 Å². The molecule has 100 valence electrons. The summed E-state index contributed by atoms with van der Waals surface area (Å²) in [7, 11) is 1.84. The van der Waals surface area contributed by atoms with Crippen molar-refractivity contribution in [3.8, 4) is 0 Å². The number of aromatic amines is 1. The van der Waals surface area contributed by atoms with Crippen LogP contribution < -0.4 is 10.2 Å². The van der Waals surface area contributed by atoms with Gasteiger partial charge in [0.25, 0.3) is 0 Å². The molecule has 2 N–H and O–H groups in total. The van der Waals surface area contributed by atoms with Crippen LogP contribution in [0.4, 0.5) is 11.8 Å². The second-order valence-corrected chi connectivity index (χ2v) is 5.58. The van der Waals surface area contributed by atoms with Crippen LogP contribution in [0.1, 0.15) is 19.3 Å². The normalized spacial score (nSPS) is 26.1. The van der Waals surface area contributed by atoms with Gasteiger partial charge in [-0.25, -0.2) is 4.98 Å². The number of hydrogen-bond donors (Lipinski definition) is 2. The maximum Gasteiger partial charge on any atom is 0.226 e. The number of aromatic nitrogens is 4. The Kier molecular flexibility index (Phi) is 2.36. The number of hydrogen-bond acceptors (Lipinski definition) is 5. The molecule has 2 aromatic heterocycles. The van der Waals surface area contributed by atoms with Gasteiger partial charge in [-0.15, -0.1) is 0 Å². The molecule has 1 aliphatic carbocycles. The van der Waals surface area contributed by atoms with Crippen LogP contribution in [0, 0.1) is 11.8 Å². The number of fused-ring (bicyclic) bond motifs is 2. The summed E-state index contributed by atoms with van der Waals surface area (Å²) in [4.78, 5) is 18.8. The molecule has 4 rings (SSSR count). The topological polar surface area (TPSA) is 69.7 Å². The van der Waals surface area contributed by atoms with Gasteiger partial charge in [-0.2, -0.15) is 9.97 Å². The fourth-order valence-electron chi connectivity index (χ4n) is 3.57. The summed E-state index contributed by atoms with van der Waals surface area (Å²) >= 11 is 0. The highest BCUT2D eigenvalue weighted by Crippen LogP contribution is 2.40. The molecule has 3 heterocycles. The van der Waals surface area contributed by atoms with E-state index in [1.807, 2.05) is 7.05 Å². The molecule has 1 saturated carbocycles. The van der Waals surface area contributed by atoms with Gasteiger partial charge >= 0.3 is 0 Å². The van der Waals surface area contributed by atoms with Crippen molar-refractivity contribution in [1.82, 2.24) is 19.9 Å². The Labute approximate surface area is 111 Å². The minimum atomic E-state index is 0.645. The van der Waals surface area contributed by atoms with Crippen LogP contribution in [-0.4, -0.2) is 40.1 Å². The quantitative estimate of drug-likeness (QED) is 0.856. The summed E-state index contributed by atoms with van der Waals surface area (Å²) in [6, 6.07) is 0. The SMILES string of the molecule is CNc1nc(N2CC3CCCC3C2)c2[nH]cnc2n1. The van der Waals surface area contributed by atoms with Crippen LogP contribution in [0.2, 0.25) is 0 Å². The summed E-state index contributed by atoms with van der Waals surface area (Å²) in [5.41, 5.74) is 1.70. The molecule has 1 saturated heterocycles. The zero-order valence-electron chi connectivity index (χ0n) is 11.1. The molecule has 2 aromatic rings. The molecule has 0 amide bonds. The smallest absolute Gasteiger partial charge is 0.226 e. The highest BCUT2D eigenvalue weighted by molar-refractivity contribution is 5.84. The van der Waals surface area contributed by atoms with Gasteiger partial charge in [-0.1, -0.05) is 6.42 Å². The number of anilines is 2. The van der Waals surface area contributed by atoms with Gasteiger partial charge in [-0.05, 0) is 24.7 Å². The predicted octanol–water partition coefficient (Wildman–Crippen LogP) is 1.63. The summed E-state index contributed by atoms with van der Waals surface area (Å²) < 4.78 is 0. The predicted molar refractivity (Wildman–Crippen MR) is 74.3 cm³/mol.